The number of hydrogen-bond donors (Lipinski definition) is 0. The van der Waals surface area contributed by atoms with Crippen molar-refractivity contribution in [1.29, 1.82) is 0 Å². The standard InChI is InChI=1S/C60H66S6/c1-7-13-19-37-31-43-46(34-40(37)22-16-10-4)52(58-61-25-26-62-58)55-49(43)56-51(44-32-38(20-14-8-2)41(23-17-11-5)35-47(44)53(56)59-63-27-28-64-59)57-50(55)45-33-39(21-15-9-3)42(24-18-12-6)36-48(45)54(57)60-65-29-30-66-60/h25-36H,7-24H2,1-6H3. The Hall–Kier alpha value is -2.58. The molecule has 0 spiro atoms. The highest BCUT2D eigenvalue weighted by Crippen LogP contribution is 2.69. The average molecular weight is 980 g/mol. The summed E-state index contributed by atoms with van der Waals surface area (Å²) >= 11 is 11.7. The zero-order valence-corrected chi connectivity index (χ0v) is 45.0. The quantitative estimate of drug-likeness (QED) is 0.0834. The van der Waals surface area contributed by atoms with E-state index in [0.29, 0.717) is 0 Å². The Morgan fingerprint density at radius 1 is 0.258 bits per heavy atom. The van der Waals surface area contributed by atoms with E-state index in [4.69, 9.17) is 0 Å². The first-order valence-corrected chi connectivity index (χ1v) is 30.7. The molecule has 4 aromatic rings. The first kappa shape index (κ1) is 47.1. The first-order chi connectivity index (χ1) is 32.5. The van der Waals surface area contributed by atoms with Crippen molar-refractivity contribution in [1.82, 2.24) is 0 Å². The molecule has 0 N–H and O–H groups in total. The van der Waals surface area contributed by atoms with Crippen molar-refractivity contribution in [2.45, 2.75) is 157 Å². The van der Waals surface area contributed by atoms with Gasteiger partial charge in [-0.05, 0) is 193 Å². The van der Waals surface area contributed by atoms with Crippen LogP contribution in [0.3, 0.4) is 0 Å². The highest BCUT2D eigenvalue weighted by atomic mass is 32.2. The van der Waals surface area contributed by atoms with E-state index in [1.165, 1.54) is 173 Å². The summed E-state index contributed by atoms with van der Waals surface area (Å²) in [6.45, 7) is 14.2. The Kier molecular flexibility index (Phi) is 15.1. The van der Waals surface area contributed by atoms with Crippen molar-refractivity contribution in [3.05, 3.63) is 148 Å². The summed E-state index contributed by atoms with van der Waals surface area (Å²) in [5.74, 6) is 0. The van der Waals surface area contributed by atoms with Crippen molar-refractivity contribution < 1.29 is 0 Å². The van der Waals surface area contributed by atoms with E-state index in [2.05, 4.69) is 110 Å². The third-order valence-corrected chi connectivity index (χ3v) is 20.9. The number of hydrogen-bond acceptors (Lipinski definition) is 6. The predicted octanol–water partition coefficient (Wildman–Crippen LogP) is 20.7. The molecule has 0 amide bonds. The van der Waals surface area contributed by atoms with Crippen LogP contribution in [0.5, 0.6) is 0 Å². The average Bonchev–Trinajstić information content (AvgIpc) is 4.21. The number of rotatable bonds is 18. The van der Waals surface area contributed by atoms with Crippen LogP contribution in [-0.4, -0.2) is 0 Å². The topological polar surface area (TPSA) is 0 Å². The second-order valence-electron chi connectivity index (χ2n) is 18.9. The third-order valence-electron chi connectivity index (χ3n) is 14.5. The van der Waals surface area contributed by atoms with Gasteiger partial charge in [0.05, 0.1) is 12.7 Å². The molecule has 0 aromatic heterocycles. The second-order valence-corrected chi connectivity index (χ2v) is 25.2. The summed E-state index contributed by atoms with van der Waals surface area (Å²) in [5, 5.41) is 14.0. The fourth-order valence-corrected chi connectivity index (χ4v) is 17.0. The molecule has 342 valence electrons. The van der Waals surface area contributed by atoms with Crippen LogP contribution in [0.15, 0.2) is 81.6 Å². The lowest BCUT2D eigenvalue weighted by atomic mass is 9.83. The van der Waals surface area contributed by atoms with E-state index >= 15 is 0 Å². The normalized spacial score (nSPS) is 16.1. The lowest BCUT2D eigenvalue weighted by molar-refractivity contribution is 0.758. The van der Waals surface area contributed by atoms with E-state index in [1.54, 1.807) is 33.4 Å². The van der Waals surface area contributed by atoms with Gasteiger partial charge in [0.15, 0.2) is 0 Å². The molecule has 0 bridgehead atoms. The van der Waals surface area contributed by atoms with Gasteiger partial charge in [0, 0.05) is 33.4 Å². The summed E-state index contributed by atoms with van der Waals surface area (Å²) in [7, 11) is 0. The fraction of sp³-hybridized carbons (Fsp3) is 0.400. The van der Waals surface area contributed by atoms with Crippen LogP contribution in [0, 0.1) is 0 Å². The molecule has 10 rings (SSSR count). The van der Waals surface area contributed by atoms with Gasteiger partial charge in [0.2, 0.25) is 0 Å². The summed E-state index contributed by atoms with van der Waals surface area (Å²) in [6.07, 6.45) is 21.6. The molecule has 6 heteroatoms. The van der Waals surface area contributed by atoms with E-state index in [-0.39, 0.29) is 0 Å². The lowest BCUT2D eigenvalue weighted by Crippen LogP contribution is -1.99. The summed E-state index contributed by atoms with van der Waals surface area (Å²) in [6, 6.07) is 16.3. The molecule has 3 heterocycles. The molecule has 0 unspecified atom stereocenters. The van der Waals surface area contributed by atoms with Gasteiger partial charge in [-0.15, -0.1) is 0 Å². The minimum absolute atomic E-state index is 1.15. The molecule has 0 fully saturated rings. The van der Waals surface area contributed by atoms with Crippen LogP contribution in [-0.2, 0) is 38.5 Å². The summed E-state index contributed by atoms with van der Waals surface area (Å²) < 4.78 is 4.33. The number of unbranched alkanes of at least 4 members (excludes halogenated alkanes) is 6. The molecule has 3 aliphatic carbocycles. The third kappa shape index (κ3) is 8.50. The second kappa shape index (κ2) is 21.2. The summed E-state index contributed by atoms with van der Waals surface area (Å²) in [5.41, 5.74) is 31.9. The van der Waals surface area contributed by atoms with Gasteiger partial charge in [-0.2, -0.15) is 0 Å². The van der Waals surface area contributed by atoms with Gasteiger partial charge >= 0.3 is 0 Å². The maximum absolute atomic E-state index is 2.73. The zero-order chi connectivity index (χ0) is 45.3. The minimum Gasteiger partial charge on any atom is -0.0895 e. The Morgan fingerprint density at radius 3 is 0.652 bits per heavy atom. The number of thioether (sulfide) groups is 6. The highest BCUT2D eigenvalue weighted by molar-refractivity contribution is 8.28. The van der Waals surface area contributed by atoms with Crippen LogP contribution >= 0.6 is 70.6 Å². The summed E-state index contributed by atoms with van der Waals surface area (Å²) in [4.78, 5) is 0. The van der Waals surface area contributed by atoms with Crippen molar-refractivity contribution >= 4 is 87.3 Å². The van der Waals surface area contributed by atoms with Crippen LogP contribution in [0.25, 0.3) is 50.1 Å². The lowest BCUT2D eigenvalue weighted by Gasteiger charge is -2.20. The van der Waals surface area contributed by atoms with Crippen LogP contribution in [0.4, 0.5) is 0 Å². The molecular formula is C60H66S6. The Balaban J connectivity index is 1.40. The predicted molar refractivity (Wildman–Crippen MR) is 305 cm³/mol. The van der Waals surface area contributed by atoms with E-state index in [9.17, 15) is 0 Å². The smallest absolute Gasteiger partial charge is 0.0572 e. The zero-order valence-electron chi connectivity index (χ0n) is 40.1. The Labute approximate surface area is 422 Å². The number of fused-ring (bicyclic) bond motifs is 12. The minimum atomic E-state index is 1.15. The molecule has 4 aromatic carbocycles. The largest absolute Gasteiger partial charge is 0.0895 e. The molecule has 3 aliphatic heterocycles. The van der Waals surface area contributed by atoms with Crippen LogP contribution in [0.1, 0.15) is 185 Å². The highest BCUT2D eigenvalue weighted by Gasteiger charge is 2.46. The van der Waals surface area contributed by atoms with Crippen molar-refractivity contribution in [2.24, 2.45) is 0 Å². The van der Waals surface area contributed by atoms with Crippen molar-refractivity contribution in [3.63, 3.8) is 0 Å². The molecule has 0 saturated heterocycles. The molecular weight excluding hydrogens is 913 g/mol. The van der Waals surface area contributed by atoms with Gasteiger partial charge in [-0.3, -0.25) is 0 Å². The Morgan fingerprint density at radius 2 is 0.455 bits per heavy atom. The molecule has 6 aliphatic rings. The molecule has 0 radical (unpaired) electrons. The van der Waals surface area contributed by atoms with Gasteiger partial charge in [0.1, 0.15) is 0 Å². The van der Waals surface area contributed by atoms with Crippen molar-refractivity contribution in [3.8, 4) is 33.4 Å². The van der Waals surface area contributed by atoms with Gasteiger partial charge in [-0.25, -0.2) is 0 Å². The Bertz CT molecular complexity index is 2420. The van der Waals surface area contributed by atoms with E-state index in [1.807, 2.05) is 70.6 Å². The monoisotopic (exact) mass is 978 g/mol. The molecule has 0 nitrogen and oxygen atoms in total. The van der Waals surface area contributed by atoms with E-state index in [0.717, 1.165) is 38.5 Å². The first-order valence-electron chi connectivity index (χ1n) is 25.5. The van der Waals surface area contributed by atoms with Gasteiger partial charge in [-0.1, -0.05) is 187 Å². The number of benzene rings is 4. The van der Waals surface area contributed by atoms with E-state index < -0.39 is 0 Å². The SMILES string of the molecule is CCCCc1cc2c(cc1CCCC)-c1c(c3c(c4c1C(=C1SC=CS1)c1cc(CCCC)c(CCCC)cc1-4)C(=C1SC=CS1)c1cc(CCCC)c(CCCC)cc1-3)C2=C1SC=CS1. The molecule has 0 atom stereocenters. The van der Waals surface area contributed by atoms with Crippen LogP contribution < -0.4 is 0 Å². The molecule has 0 saturated carbocycles. The maximum atomic E-state index is 2.73. The maximum Gasteiger partial charge on any atom is 0.0572 e. The number of aryl methyl sites for hydroxylation is 6. The fourth-order valence-electron chi connectivity index (χ4n) is 11.2. The van der Waals surface area contributed by atoms with Gasteiger partial charge < -0.3 is 0 Å². The van der Waals surface area contributed by atoms with Gasteiger partial charge in [0.25, 0.3) is 0 Å². The van der Waals surface area contributed by atoms with Crippen LogP contribution in [0.2, 0.25) is 0 Å². The van der Waals surface area contributed by atoms with Crippen molar-refractivity contribution in [2.75, 3.05) is 0 Å². The molecule has 66 heavy (non-hydrogen) atoms.